The number of esters is 2. The number of aryl methyl sites for hydroxylation is 3. The number of anilines is 1. The van der Waals surface area contributed by atoms with Crippen LogP contribution >= 0.6 is 0 Å². The Labute approximate surface area is 221 Å². The Kier molecular flexibility index (Phi) is 9.65. The van der Waals surface area contributed by atoms with E-state index in [4.69, 9.17) is 9.47 Å². The third-order valence-electron chi connectivity index (χ3n) is 5.86. The normalized spacial score (nSPS) is 10.4. The molecule has 0 radical (unpaired) electrons. The molecule has 38 heavy (non-hydrogen) atoms. The van der Waals surface area contributed by atoms with Gasteiger partial charge in [0.2, 0.25) is 5.91 Å². The van der Waals surface area contributed by atoms with Crippen LogP contribution in [-0.4, -0.2) is 42.6 Å². The Morgan fingerprint density at radius 3 is 1.87 bits per heavy atom. The van der Waals surface area contributed by atoms with E-state index in [1.54, 1.807) is 36.4 Å². The molecule has 0 aliphatic carbocycles. The molecule has 1 N–H and O–H groups in total. The van der Waals surface area contributed by atoms with Crippen molar-refractivity contribution < 1.29 is 33.4 Å². The van der Waals surface area contributed by atoms with Crippen molar-refractivity contribution in [3.8, 4) is 0 Å². The highest BCUT2D eigenvalue weighted by Gasteiger charge is 2.14. The molecule has 8 heteroatoms. The lowest BCUT2D eigenvalue weighted by Gasteiger charge is -2.08. The van der Waals surface area contributed by atoms with Gasteiger partial charge in [0.15, 0.2) is 24.8 Å². The first kappa shape index (κ1) is 28.0. The molecule has 0 aliphatic heterocycles. The Morgan fingerprint density at radius 1 is 0.632 bits per heavy atom. The molecular weight excluding hydrogens is 486 g/mol. The second-order valence-corrected chi connectivity index (χ2v) is 8.87. The van der Waals surface area contributed by atoms with E-state index in [-0.39, 0.29) is 36.6 Å². The quantitative estimate of drug-likeness (QED) is 0.288. The minimum Gasteiger partial charge on any atom is -0.457 e. The van der Waals surface area contributed by atoms with Gasteiger partial charge in [-0.1, -0.05) is 42.0 Å². The van der Waals surface area contributed by atoms with Crippen molar-refractivity contribution in [1.82, 2.24) is 0 Å². The largest absolute Gasteiger partial charge is 0.457 e. The highest BCUT2D eigenvalue weighted by molar-refractivity contribution is 6.00. The van der Waals surface area contributed by atoms with Crippen LogP contribution in [0.4, 0.5) is 5.69 Å². The Balaban J connectivity index is 1.39. The van der Waals surface area contributed by atoms with Crippen molar-refractivity contribution in [2.45, 2.75) is 33.6 Å². The lowest BCUT2D eigenvalue weighted by atomic mass is 10.0. The molecule has 0 heterocycles. The predicted molar refractivity (Wildman–Crippen MR) is 141 cm³/mol. The monoisotopic (exact) mass is 515 g/mol. The summed E-state index contributed by atoms with van der Waals surface area (Å²) in [6.45, 7) is 4.97. The fraction of sp³-hybridized carbons (Fsp3) is 0.233. The lowest BCUT2D eigenvalue weighted by molar-refractivity contribution is -0.143. The average Bonchev–Trinajstić information content (AvgIpc) is 2.91. The van der Waals surface area contributed by atoms with Crippen LogP contribution in [0.25, 0.3) is 0 Å². The molecule has 0 unspecified atom stereocenters. The van der Waals surface area contributed by atoms with Crippen LogP contribution in [0.2, 0.25) is 0 Å². The Morgan fingerprint density at radius 2 is 1.21 bits per heavy atom. The Hall–Kier alpha value is -4.59. The summed E-state index contributed by atoms with van der Waals surface area (Å²) in [6, 6.07) is 18.2. The maximum atomic E-state index is 12.2. The molecule has 196 valence electrons. The van der Waals surface area contributed by atoms with Crippen LogP contribution in [-0.2, 0) is 19.1 Å². The van der Waals surface area contributed by atoms with Gasteiger partial charge in [0.25, 0.3) is 0 Å². The molecule has 3 aromatic carbocycles. The standard InChI is InChI=1S/C30H29NO7/c1-19-4-7-22(8-5-19)26(32)18-38-30(36)23-10-12-25(13-11-23)31-28(34)14-15-29(35)37-17-27(33)24-9-6-20(2)21(3)16-24/h4-13,16H,14-15,17-18H2,1-3H3,(H,31,34). The number of Topliss-reactive ketones (excluding diaryl/α,β-unsaturated/α-hetero) is 2. The van der Waals surface area contributed by atoms with E-state index in [2.05, 4.69) is 5.32 Å². The predicted octanol–water partition coefficient (Wildman–Crippen LogP) is 4.80. The van der Waals surface area contributed by atoms with E-state index in [0.717, 1.165) is 16.7 Å². The number of carbonyl (C=O) groups is 5. The third-order valence-corrected chi connectivity index (χ3v) is 5.86. The molecule has 8 nitrogen and oxygen atoms in total. The summed E-state index contributed by atoms with van der Waals surface area (Å²) < 4.78 is 10.1. The van der Waals surface area contributed by atoms with Gasteiger partial charge in [-0.15, -0.1) is 0 Å². The topological polar surface area (TPSA) is 116 Å². The molecular formula is C30H29NO7. The van der Waals surface area contributed by atoms with Gasteiger partial charge in [-0.3, -0.25) is 19.2 Å². The zero-order chi connectivity index (χ0) is 27.7. The number of benzene rings is 3. The Bertz CT molecular complexity index is 1340. The van der Waals surface area contributed by atoms with Crippen molar-refractivity contribution in [3.63, 3.8) is 0 Å². The molecule has 3 rings (SSSR count). The van der Waals surface area contributed by atoms with Crippen LogP contribution in [0.5, 0.6) is 0 Å². The molecule has 0 aromatic heterocycles. The molecule has 0 atom stereocenters. The maximum Gasteiger partial charge on any atom is 0.338 e. The van der Waals surface area contributed by atoms with E-state index in [1.807, 2.05) is 26.8 Å². The second-order valence-electron chi connectivity index (χ2n) is 8.87. The van der Waals surface area contributed by atoms with E-state index >= 15 is 0 Å². The van der Waals surface area contributed by atoms with Gasteiger partial charge < -0.3 is 14.8 Å². The van der Waals surface area contributed by atoms with Crippen LogP contribution in [0.15, 0.2) is 66.7 Å². The van der Waals surface area contributed by atoms with Crippen LogP contribution in [0.3, 0.4) is 0 Å². The highest BCUT2D eigenvalue weighted by Crippen LogP contribution is 2.13. The van der Waals surface area contributed by atoms with Crippen molar-refractivity contribution in [2.75, 3.05) is 18.5 Å². The fourth-order valence-corrected chi connectivity index (χ4v) is 3.38. The van der Waals surface area contributed by atoms with Crippen LogP contribution in [0.1, 0.15) is 60.6 Å². The number of hydrogen-bond donors (Lipinski definition) is 1. The molecule has 0 aliphatic rings. The average molecular weight is 516 g/mol. The number of hydrogen-bond acceptors (Lipinski definition) is 7. The first-order valence-electron chi connectivity index (χ1n) is 12.1. The number of ketones is 2. The lowest BCUT2D eigenvalue weighted by Crippen LogP contribution is -2.17. The van der Waals surface area contributed by atoms with E-state index < -0.39 is 24.5 Å². The van der Waals surface area contributed by atoms with Crippen LogP contribution in [0, 0.1) is 20.8 Å². The van der Waals surface area contributed by atoms with E-state index in [1.165, 1.54) is 24.3 Å². The van der Waals surface area contributed by atoms with Crippen molar-refractivity contribution in [1.29, 1.82) is 0 Å². The first-order valence-corrected chi connectivity index (χ1v) is 12.1. The van der Waals surface area contributed by atoms with Crippen LogP contribution < -0.4 is 5.32 Å². The molecule has 0 fully saturated rings. The number of carbonyl (C=O) groups excluding carboxylic acids is 5. The zero-order valence-corrected chi connectivity index (χ0v) is 21.5. The zero-order valence-electron chi connectivity index (χ0n) is 21.5. The van der Waals surface area contributed by atoms with Crippen molar-refractivity contribution in [3.05, 3.63) is 100 Å². The van der Waals surface area contributed by atoms with Gasteiger partial charge in [-0.05, 0) is 62.2 Å². The van der Waals surface area contributed by atoms with Gasteiger partial charge in [-0.2, -0.15) is 0 Å². The summed E-state index contributed by atoms with van der Waals surface area (Å²) in [7, 11) is 0. The summed E-state index contributed by atoms with van der Waals surface area (Å²) in [5, 5.41) is 2.62. The van der Waals surface area contributed by atoms with E-state index in [0.29, 0.717) is 16.8 Å². The van der Waals surface area contributed by atoms with Crippen molar-refractivity contribution in [2.24, 2.45) is 0 Å². The minimum atomic E-state index is -0.665. The molecule has 0 saturated carbocycles. The molecule has 0 bridgehead atoms. The van der Waals surface area contributed by atoms with E-state index in [9.17, 15) is 24.0 Å². The molecule has 3 aromatic rings. The number of ether oxygens (including phenoxy) is 2. The maximum absolute atomic E-state index is 12.2. The number of amides is 1. The second kappa shape index (κ2) is 13.1. The summed E-state index contributed by atoms with van der Waals surface area (Å²) in [6.07, 6.45) is -0.326. The SMILES string of the molecule is Cc1ccc(C(=O)COC(=O)c2ccc(NC(=O)CCC(=O)OCC(=O)c3ccc(C)c(C)c3)cc2)cc1. The molecule has 0 spiro atoms. The minimum absolute atomic E-state index is 0.137. The summed E-state index contributed by atoms with van der Waals surface area (Å²) in [5.74, 6) is -2.38. The van der Waals surface area contributed by atoms with Gasteiger partial charge in [0.1, 0.15) is 0 Å². The molecule has 0 saturated heterocycles. The van der Waals surface area contributed by atoms with Gasteiger partial charge in [0, 0.05) is 23.2 Å². The van der Waals surface area contributed by atoms with Gasteiger partial charge >= 0.3 is 11.9 Å². The van der Waals surface area contributed by atoms with Gasteiger partial charge in [-0.25, -0.2) is 4.79 Å². The highest BCUT2D eigenvalue weighted by atomic mass is 16.5. The van der Waals surface area contributed by atoms with Crippen molar-refractivity contribution >= 4 is 35.1 Å². The third kappa shape index (κ3) is 8.23. The smallest absolute Gasteiger partial charge is 0.338 e. The summed E-state index contributed by atoms with van der Waals surface area (Å²) >= 11 is 0. The number of nitrogens with one attached hydrogen (secondary N) is 1. The fourth-order valence-electron chi connectivity index (χ4n) is 3.38. The first-order chi connectivity index (χ1) is 18.1. The summed E-state index contributed by atoms with van der Waals surface area (Å²) in [4.78, 5) is 60.8. The molecule has 1 amide bonds. The summed E-state index contributed by atoms with van der Waals surface area (Å²) in [5.41, 5.74) is 4.60. The van der Waals surface area contributed by atoms with Gasteiger partial charge in [0.05, 0.1) is 12.0 Å². The number of rotatable bonds is 11.